The fraction of sp³-hybridized carbons (Fsp3) is 0.375. The van der Waals surface area contributed by atoms with Gasteiger partial charge < -0.3 is 10.2 Å². The second-order valence-corrected chi connectivity index (χ2v) is 6.06. The Morgan fingerprint density at radius 3 is 2.55 bits per heavy atom. The van der Waals surface area contributed by atoms with Crippen molar-refractivity contribution in [2.75, 3.05) is 4.90 Å². The number of halogens is 2. The maximum atomic E-state index is 12.4. The molecule has 1 aliphatic heterocycles. The molecule has 1 saturated heterocycles. The highest BCUT2D eigenvalue weighted by Gasteiger charge is 2.35. The Morgan fingerprint density at radius 2 is 2.05 bits per heavy atom. The monoisotopic (exact) mass is 339 g/mol. The van der Waals surface area contributed by atoms with Gasteiger partial charge >= 0.3 is 0 Å². The SMILES string of the molecule is C/C=C1/NC(=O)C(CC)N(c2ccc(Cl)cc2)/C1=N/C(C)Cl. The van der Waals surface area contributed by atoms with Crippen LogP contribution in [-0.2, 0) is 4.79 Å². The van der Waals surface area contributed by atoms with Crippen molar-refractivity contribution in [2.24, 2.45) is 4.99 Å². The van der Waals surface area contributed by atoms with E-state index in [1.54, 1.807) is 19.1 Å². The molecule has 22 heavy (non-hydrogen) atoms. The van der Waals surface area contributed by atoms with Gasteiger partial charge in [0.1, 0.15) is 11.5 Å². The molecule has 1 aromatic rings. The number of amidine groups is 1. The number of benzene rings is 1. The van der Waals surface area contributed by atoms with E-state index in [9.17, 15) is 4.79 Å². The summed E-state index contributed by atoms with van der Waals surface area (Å²) >= 11 is 12.0. The van der Waals surface area contributed by atoms with Gasteiger partial charge in [0.2, 0.25) is 5.91 Å². The van der Waals surface area contributed by atoms with Crippen LogP contribution in [-0.4, -0.2) is 23.3 Å². The van der Waals surface area contributed by atoms with Crippen molar-refractivity contribution in [2.45, 2.75) is 38.7 Å². The average Bonchev–Trinajstić information content (AvgIpc) is 2.48. The topological polar surface area (TPSA) is 44.7 Å². The number of nitrogens with zero attached hydrogens (tertiary/aromatic N) is 2. The highest BCUT2D eigenvalue weighted by molar-refractivity contribution is 6.30. The minimum atomic E-state index is -0.396. The summed E-state index contributed by atoms with van der Waals surface area (Å²) in [5.74, 6) is 0.616. The lowest BCUT2D eigenvalue weighted by Crippen LogP contribution is -2.57. The first-order chi connectivity index (χ1) is 10.5. The molecule has 0 saturated carbocycles. The molecule has 2 atom stereocenters. The predicted octanol–water partition coefficient (Wildman–Crippen LogP) is 3.94. The molecule has 0 spiro atoms. The molecule has 0 aromatic heterocycles. The Morgan fingerprint density at radius 1 is 1.41 bits per heavy atom. The molecule has 1 aromatic carbocycles. The van der Waals surface area contributed by atoms with Crippen molar-refractivity contribution in [1.82, 2.24) is 5.32 Å². The number of alkyl halides is 1. The second-order valence-electron chi connectivity index (χ2n) is 4.99. The molecular formula is C16H19Cl2N3O. The van der Waals surface area contributed by atoms with E-state index < -0.39 is 5.50 Å². The van der Waals surface area contributed by atoms with E-state index in [0.717, 1.165) is 5.69 Å². The first kappa shape index (κ1) is 16.8. The summed E-state index contributed by atoms with van der Waals surface area (Å²) < 4.78 is 0. The molecule has 1 amide bonds. The van der Waals surface area contributed by atoms with Crippen molar-refractivity contribution in [1.29, 1.82) is 0 Å². The zero-order chi connectivity index (χ0) is 16.3. The van der Waals surface area contributed by atoms with Gasteiger partial charge in [-0.05, 0) is 44.5 Å². The number of rotatable bonds is 3. The van der Waals surface area contributed by atoms with E-state index in [1.165, 1.54) is 0 Å². The summed E-state index contributed by atoms with van der Waals surface area (Å²) in [5, 5.41) is 3.55. The third kappa shape index (κ3) is 3.45. The van der Waals surface area contributed by atoms with Crippen LogP contribution >= 0.6 is 23.2 Å². The van der Waals surface area contributed by atoms with E-state index in [-0.39, 0.29) is 11.9 Å². The molecule has 1 aliphatic rings. The van der Waals surface area contributed by atoms with Crippen LogP contribution in [0.25, 0.3) is 0 Å². The summed E-state index contributed by atoms with van der Waals surface area (Å²) in [5.41, 5.74) is 1.13. The van der Waals surface area contributed by atoms with Crippen molar-refractivity contribution in [3.05, 3.63) is 41.1 Å². The van der Waals surface area contributed by atoms with E-state index in [2.05, 4.69) is 10.3 Å². The number of carbonyl (C=O) groups excluding carboxylic acids is 1. The van der Waals surface area contributed by atoms with Crippen LogP contribution in [0.5, 0.6) is 0 Å². The zero-order valence-electron chi connectivity index (χ0n) is 12.8. The van der Waals surface area contributed by atoms with Crippen LogP contribution in [0.4, 0.5) is 5.69 Å². The molecule has 118 valence electrons. The third-order valence-corrected chi connectivity index (χ3v) is 3.77. The van der Waals surface area contributed by atoms with Crippen LogP contribution < -0.4 is 10.2 Å². The van der Waals surface area contributed by atoms with Gasteiger partial charge in [-0.25, -0.2) is 4.99 Å². The molecule has 2 rings (SSSR count). The van der Waals surface area contributed by atoms with Crippen molar-refractivity contribution >= 4 is 40.6 Å². The molecule has 1 heterocycles. The van der Waals surface area contributed by atoms with Gasteiger partial charge in [-0.3, -0.25) is 4.79 Å². The number of carbonyl (C=O) groups is 1. The highest BCUT2D eigenvalue weighted by Crippen LogP contribution is 2.27. The van der Waals surface area contributed by atoms with Gasteiger partial charge in [0, 0.05) is 10.7 Å². The first-order valence-electron chi connectivity index (χ1n) is 7.22. The summed E-state index contributed by atoms with van der Waals surface area (Å²) in [6.07, 6.45) is 2.48. The largest absolute Gasteiger partial charge is 0.321 e. The van der Waals surface area contributed by atoms with Gasteiger partial charge in [-0.1, -0.05) is 36.2 Å². The predicted molar refractivity (Wildman–Crippen MR) is 92.7 cm³/mol. The quantitative estimate of drug-likeness (QED) is 0.669. The van der Waals surface area contributed by atoms with Gasteiger partial charge in [-0.2, -0.15) is 0 Å². The van der Waals surface area contributed by atoms with Crippen LogP contribution in [0.15, 0.2) is 41.0 Å². The molecule has 2 unspecified atom stereocenters. The first-order valence-corrected chi connectivity index (χ1v) is 8.03. The van der Waals surface area contributed by atoms with E-state index in [1.807, 2.05) is 37.0 Å². The van der Waals surface area contributed by atoms with Gasteiger partial charge in [0.15, 0.2) is 5.84 Å². The van der Waals surface area contributed by atoms with Crippen LogP contribution in [0, 0.1) is 0 Å². The lowest BCUT2D eigenvalue weighted by Gasteiger charge is -2.38. The average molecular weight is 340 g/mol. The van der Waals surface area contributed by atoms with Crippen LogP contribution in [0.2, 0.25) is 5.02 Å². The van der Waals surface area contributed by atoms with Crippen molar-refractivity contribution in [3.63, 3.8) is 0 Å². The molecule has 1 N–H and O–H groups in total. The summed E-state index contributed by atoms with van der Waals surface area (Å²) in [6, 6.07) is 7.02. The maximum Gasteiger partial charge on any atom is 0.247 e. The Hall–Kier alpha value is -1.52. The number of allylic oxidation sites excluding steroid dienone is 1. The normalized spacial score (nSPS) is 23.8. The maximum absolute atomic E-state index is 12.4. The van der Waals surface area contributed by atoms with E-state index in [0.29, 0.717) is 23.0 Å². The van der Waals surface area contributed by atoms with E-state index >= 15 is 0 Å². The highest BCUT2D eigenvalue weighted by atomic mass is 35.5. The van der Waals surface area contributed by atoms with Gasteiger partial charge in [0.05, 0.1) is 5.70 Å². The van der Waals surface area contributed by atoms with Crippen LogP contribution in [0.1, 0.15) is 27.2 Å². The summed E-state index contributed by atoms with van der Waals surface area (Å²) in [4.78, 5) is 18.8. The number of anilines is 1. The Labute approximate surface area is 140 Å². The standard InChI is InChI=1S/C16H19Cl2N3O/c1-4-13-15(19-10(3)17)21(14(5-2)16(22)20-13)12-8-6-11(18)7-9-12/h4,6-10,14H,5H2,1-3H3,(H,20,22)/b13-4+,19-15+. The molecule has 6 heteroatoms. The fourth-order valence-corrected chi connectivity index (χ4v) is 2.66. The lowest BCUT2D eigenvalue weighted by atomic mass is 10.1. The number of hydrogen-bond donors (Lipinski definition) is 1. The Kier molecular flexibility index (Phi) is 5.48. The number of aliphatic imine (C=N–C) groups is 1. The van der Waals surface area contributed by atoms with Crippen LogP contribution in [0.3, 0.4) is 0 Å². The second kappa shape index (κ2) is 7.16. The summed E-state index contributed by atoms with van der Waals surface area (Å²) in [7, 11) is 0. The minimum Gasteiger partial charge on any atom is -0.321 e. The molecular weight excluding hydrogens is 321 g/mol. The molecule has 4 nitrogen and oxygen atoms in total. The molecule has 0 radical (unpaired) electrons. The van der Waals surface area contributed by atoms with Crippen molar-refractivity contribution < 1.29 is 4.79 Å². The number of piperazine rings is 1. The minimum absolute atomic E-state index is 0.0493. The number of nitrogens with one attached hydrogen (secondary N) is 1. The number of amides is 1. The Bertz CT molecular complexity index is 608. The smallest absolute Gasteiger partial charge is 0.247 e. The zero-order valence-corrected chi connectivity index (χ0v) is 14.3. The molecule has 0 aliphatic carbocycles. The van der Waals surface area contributed by atoms with Crippen molar-refractivity contribution in [3.8, 4) is 0 Å². The molecule has 1 fully saturated rings. The Balaban J connectivity index is 2.57. The summed E-state index contributed by atoms with van der Waals surface area (Å²) in [6.45, 7) is 5.62. The van der Waals surface area contributed by atoms with E-state index in [4.69, 9.17) is 23.2 Å². The lowest BCUT2D eigenvalue weighted by molar-refractivity contribution is -0.121. The third-order valence-electron chi connectivity index (χ3n) is 3.42. The van der Waals surface area contributed by atoms with Gasteiger partial charge in [0.25, 0.3) is 0 Å². The fourth-order valence-electron chi connectivity index (χ4n) is 2.44. The molecule has 0 bridgehead atoms. The van der Waals surface area contributed by atoms with Gasteiger partial charge in [-0.15, -0.1) is 0 Å². The number of hydrogen-bond acceptors (Lipinski definition) is 2.